The van der Waals surface area contributed by atoms with E-state index in [-0.39, 0.29) is 23.0 Å². The number of aldehydes is 1. The fourth-order valence-electron chi connectivity index (χ4n) is 2.42. The molecule has 0 fully saturated rings. The normalized spacial score (nSPS) is 29.3. The van der Waals surface area contributed by atoms with Crippen molar-refractivity contribution in [3.05, 3.63) is 24.3 Å². The van der Waals surface area contributed by atoms with Crippen molar-refractivity contribution in [3.63, 3.8) is 0 Å². The van der Waals surface area contributed by atoms with E-state index in [2.05, 4.69) is 32.9 Å². The second kappa shape index (κ2) is 4.56. The Morgan fingerprint density at radius 3 is 2.67 bits per heavy atom. The Hall–Kier alpha value is -1.18. The molecule has 0 spiro atoms. The van der Waals surface area contributed by atoms with Crippen molar-refractivity contribution in [2.45, 2.75) is 27.2 Å². The van der Waals surface area contributed by atoms with Gasteiger partial charge in [-0.1, -0.05) is 32.9 Å². The molecular weight excluding hydrogens is 188 g/mol. The van der Waals surface area contributed by atoms with Crippen molar-refractivity contribution in [1.82, 2.24) is 0 Å². The predicted octanol–water partition coefficient (Wildman–Crippen LogP) is 2.55. The van der Waals surface area contributed by atoms with E-state index in [4.69, 9.17) is 0 Å². The molecule has 0 saturated carbocycles. The Morgan fingerprint density at radius 1 is 1.47 bits per heavy atom. The number of hydrogen-bond donors (Lipinski definition) is 0. The van der Waals surface area contributed by atoms with Crippen molar-refractivity contribution in [3.8, 4) is 0 Å². The molecule has 0 amide bonds. The zero-order valence-corrected chi connectivity index (χ0v) is 9.57. The van der Waals surface area contributed by atoms with E-state index >= 15 is 0 Å². The minimum Gasteiger partial charge on any atom is -0.299 e. The molecule has 1 aliphatic carbocycles. The lowest BCUT2D eigenvalue weighted by Gasteiger charge is -2.38. The van der Waals surface area contributed by atoms with Gasteiger partial charge >= 0.3 is 0 Å². The number of carbonyl (C=O) groups excluding carboxylic acids is 2. The first-order chi connectivity index (χ1) is 6.99. The molecule has 15 heavy (non-hydrogen) atoms. The Bertz CT molecular complexity index is 310. The summed E-state index contributed by atoms with van der Waals surface area (Å²) < 4.78 is 0. The molecule has 0 heterocycles. The number of carbonyl (C=O) groups is 2. The summed E-state index contributed by atoms with van der Waals surface area (Å²) in [5.41, 5.74) is -0.0154. The zero-order chi connectivity index (χ0) is 11.5. The molecule has 2 unspecified atom stereocenters. The maximum absolute atomic E-state index is 11.9. The summed E-state index contributed by atoms with van der Waals surface area (Å²) in [6, 6.07) is 0. The predicted molar refractivity (Wildman–Crippen MR) is 60.4 cm³/mol. The van der Waals surface area contributed by atoms with Crippen LogP contribution in [-0.2, 0) is 9.59 Å². The molecule has 0 N–H and O–H groups in total. The zero-order valence-electron chi connectivity index (χ0n) is 9.57. The standard InChI is InChI=1S/C13H18O2/c1-10-6-4-8-13(2,3)12(10)11(15)7-5-9-14/h4-7,9-10,12H,8H2,1-3H3. The number of ketones is 1. The Labute approximate surface area is 91.1 Å². The smallest absolute Gasteiger partial charge is 0.159 e. The molecule has 1 rings (SSSR count). The molecule has 0 saturated heterocycles. The fourth-order valence-corrected chi connectivity index (χ4v) is 2.42. The minimum absolute atomic E-state index is 0.0151. The molecule has 0 bridgehead atoms. The summed E-state index contributed by atoms with van der Waals surface area (Å²) in [5, 5.41) is 0. The van der Waals surface area contributed by atoms with Crippen molar-refractivity contribution in [1.29, 1.82) is 0 Å². The molecule has 0 aromatic carbocycles. The Kier molecular flexibility index (Phi) is 3.61. The van der Waals surface area contributed by atoms with Crippen molar-refractivity contribution < 1.29 is 9.59 Å². The summed E-state index contributed by atoms with van der Waals surface area (Å²) >= 11 is 0. The highest BCUT2D eigenvalue weighted by molar-refractivity contribution is 5.95. The topological polar surface area (TPSA) is 34.1 Å². The minimum atomic E-state index is -0.0154. The van der Waals surface area contributed by atoms with Gasteiger partial charge in [0.2, 0.25) is 0 Å². The van der Waals surface area contributed by atoms with Crippen molar-refractivity contribution in [2.75, 3.05) is 0 Å². The molecule has 0 radical (unpaired) electrons. The molecule has 82 valence electrons. The second-order valence-corrected chi connectivity index (χ2v) is 4.86. The van der Waals surface area contributed by atoms with E-state index in [1.165, 1.54) is 12.2 Å². The monoisotopic (exact) mass is 206 g/mol. The first-order valence-electron chi connectivity index (χ1n) is 5.31. The third-order valence-electron chi connectivity index (χ3n) is 3.10. The second-order valence-electron chi connectivity index (χ2n) is 4.86. The Morgan fingerprint density at radius 2 is 2.13 bits per heavy atom. The SMILES string of the molecule is CC1C=CCC(C)(C)C1C(=O)C=CC=O. The number of hydrogen-bond acceptors (Lipinski definition) is 2. The van der Waals surface area contributed by atoms with Gasteiger partial charge < -0.3 is 0 Å². The molecule has 2 atom stereocenters. The van der Waals surface area contributed by atoms with Crippen molar-refractivity contribution >= 4 is 12.1 Å². The van der Waals surface area contributed by atoms with Crippen LogP contribution in [0.4, 0.5) is 0 Å². The van der Waals surface area contributed by atoms with E-state index in [9.17, 15) is 9.59 Å². The van der Waals surface area contributed by atoms with Gasteiger partial charge in [-0.3, -0.25) is 9.59 Å². The Balaban J connectivity index is 2.90. The molecular formula is C13H18O2. The number of allylic oxidation sites excluding steroid dienone is 4. The summed E-state index contributed by atoms with van der Waals surface area (Å²) in [6.45, 7) is 6.25. The summed E-state index contributed by atoms with van der Waals surface area (Å²) in [7, 11) is 0. The van der Waals surface area contributed by atoms with Gasteiger partial charge in [-0.15, -0.1) is 0 Å². The van der Waals surface area contributed by atoms with Crippen LogP contribution in [-0.4, -0.2) is 12.1 Å². The molecule has 0 aliphatic heterocycles. The van der Waals surface area contributed by atoms with Crippen LogP contribution in [0.2, 0.25) is 0 Å². The van der Waals surface area contributed by atoms with E-state index in [1.54, 1.807) is 0 Å². The highest BCUT2D eigenvalue weighted by atomic mass is 16.1. The summed E-state index contributed by atoms with van der Waals surface area (Å²) in [6.07, 6.45) is 8.47. The molecule has 0 aromatic heterocycles. The van der Waals surface area contributed by atoms with Crippen LogP contribution < -0.4 is 0 Å². The maximum Gasteiger partial charge on any atom is 0.159 e. The van der Waals surface area contributed by atoms with Crippen LogP contribution in [0.25, 0.3) is 0 Å². The average Bonchev–Trinajstić information content (AvgIpc) is 2.13. The lowest BCUT2D eigenvalue weighted by molar-refractivity contribution is -0.123. The van der Waals surface area contributed by atoms with Gasteiger partial charge in [-0.25, -0.2) is 0 Å². The summed E-state index contributed by atoms with van der Waals surface area (Å²) in [5.74, 6) is 0.292. The number of rotatable bonds is 3. The van der Waals surface area contributed by atoms with E-state index in [0.717, 1.165) is 6.42 Å². The van der Waals surface area contributed by atoms with Gasteiger partial charge in [0.25, 0.3) is 0 Å². The van der Waals surface area contributed by atoms with Crippen LogP contribution in [0.3, 0.4) is 0 Å². The molecule has 2 nitrogen and oxygen atoms in total. The first kappa shape index (κ1) is 11.9. The van der Waals surface area contributed by atoms with E-state index < -0.39 is 0 Å². The fraction of sp³-hybridized carbons (Fsp3) is 0.538. The van der Waals surface area contributed by atoms with E-state index in [1.807, 2.05) is 0 Å². The van der Waals surface area contributed by atoms with Gasteiger partial charge in [0.15, 0.2) is 5.78 Å². The largest absolute Gasteiger partial charge is 0.299 e. The average molecular weight is 206 g/mol. The molecule has 1 aliphatic rings. The van der Waals surface area contributed by atoms with Gasteiger partial charge in [0, 0.05) is 5.92 Å². The van der Waals surface area contributed by atoms with Gasteiger partial charge in [-0.05, 0) is 29.9 Å². The first-order valence-corrected chi connectivity index (χ1v) is 5.31. The van der Waals surface area contributed by atoms with Crippen LogP contribution >= 0.6 is 0 Å². The van der Waals surface area contributed by atoms with Gasteiger partial charge in [-0.2, -0.15) is 0 Å². The lowest BCUT2D eigenvalue weighted by atomic mass is 9.65. The van der Waals surface area contributed by atoms with Gasteiger partial charge in [0.1, 0.15) is 6.29 Å². The molecule has 2 heteroatoms. The quantitative estimate of drug-likeness (QED) is 0.404. The van der Waals surface area contributed by atoms with Crippen LogP contribution in [0.5, 0.6) is 0 Å². The third-order valence-corrected chi connectivity index (χ3v) is 3.10. The third kappa shape index (κ3) is 2.65. The maximum atomic E-state index is 11.9. The van der Waals surface area contributed by atoms with Crippen molar-refractivity contribution in [2.24, 2.45) is 17.3 Å². The van der Waals surface area contributed by atoms with Crippen LogP contribution in [0.1, 0.15) is 27.2 Å². The van der Waals surface area contributed by atoms with Crippen LogP contribution in [0.15, 0.2) is 24.3 Å². The molecule has 0 aromatic rings. The van der Waals surface area contributed by atoms with E-state index in [0.29, 0.717) is 6.29 Å². The highest BCUT2D eigenvalue weighted by Crippen LogP contribution is 2.41. The lowest BCUT2D eigenvalue weighted by Crippen LogP contribution is -2.36. The van der Waals surface area contributed by atoms with Crippen LogP contribution in [0, 0.1) is 17.3 Å². The van der Waals surface area contributed by atoms with Gasteiger partial charge in [0.05, 0.1) is 0 Å². The summed E-state index contributed by atoms with van der Waals surface area (Å²) in [4.78, 5) is 22.1. The highest BCUT2D eigenvalue weighted by Gasteiger charge is 2.38.